The number of hydrogen-bond donors (Lipinski definition) is 1. The van der Waals surface area contributed by atoms with E-state index in [9.17, 15) is 24.8 Å². The Hall–Kier alpha value is -4.60. The fraction of sp³-hybridized carbons (Fsp3) is 0.130. The Morgan fingerprint density at radius 3 is 2.42 bits per heavy atom. The molecule has 1 unspecified atom stereocenters. The molecule has 166 valence electrons. The lowest BCUT2D eigenvalue weighted by Crippen LogP contribution is -2.29. The Kier molecular flexibility index (Phi) is 4.82. The molecule has 1 atom stereocenters. The smallest absolute Gasteiger partial charge is 0.300 e. The summed E-state index contributed by atoms with van der Waals surface area (Å²) in [5.41, 5.74) is 0.132. The summed E-state index contributed by atoms with van der Waals surface area (Å²) < 4.78 is 16.6. The van der Waals surface area contributed by atoms with E-state index < -0.39 is 28.4 Å². The number of ketones is 1. The lowest BCUT2D eigenvalue weighted by Gasteiger charge is -2.25. The minimum absolute atomic E-state index is 0.150. The predicted octanol–water partition coefficient (Wildman–Crippen LogP) is 3.59. The number of carbonyl (C=O) groups excluding carboxylic acids is 2. The highest BCUT2D eigenvalue weighted by Crippen LogP contribution is 2.44. The van der Waals surface area contributed by atoms with Crippen LogP contribution in [0.15, 0.2) is 70.9 Å². The first-order valence-corrected chi connectivity index (χ1v) is 9.94. The van der Waals surface area contributed by atoms with Crippen molar-refractivity contribution in [3.8, 4) is 11.5 Å². The number of anilines is 1. The minimum Gasteiger partial charge on any atom is -0.507 e. The zero-order chi connectivity index (χ0) is 23.1. The second-order valence-electron chi connectivity index (χ2n) is 7.32. The van der Waals surface area contributed by atoms with Gasteiger partial charge in [-0.25, -0.2) is 0 Å². The Morgan fingerprint density at radius 1 is 1.03 bits per heavy atom. The van der Waals surface area contributed by atoms with Gasteiger partial charge < -0.3 is 19.0 Å². The average Bonchev–Trinajstić information content (AvgIpc) is 3.45. The summed E-state index contributed by atoms with van der Waals surface area (Å²) in [6, 6.07) is 12.0. The Morgan fingerprint density at radius 2 is 1.76 bits per heavy atom. The molecule has 5 rings (SSSR count). The van der Waals surface area contributed by atoms with Crippen molar-refractivity contribution in [3.63, 3.8) is 0 Å². The molecule has 33 heavy (non-hydrogen) atoms. The number of Topliss-reactive ketones (excluding diaryl/α,β-unsaturated/α-hetero) is 1. The summed E-state index contributed by atoms with van der Waals surface area (Å²) >= 11 is 0. The van der Waals surface area contributed by atoms with Crippen molar-refractivity contribution < 1.29 is 33.5 Å². The number of benzene rings is 2. The minimum atomic E-state index is -1.06. The Balaban J connectivity index is 1.64. The van der Waals surface area contributed by atoms with Gasteiger partial charge in [-0.1, -0.05) is 0 Å². The SMILES string of the molecule is O=C1C(=O)N(c2ccc3c(c2)OCCO3)C(c2ccco2)/C1=C(/O)c1ccc([N+](=O)[O-])cc1. The topological polar surface area (TPSA) is 132 Å². The first-order chi connectivity index (χ1) is 16.0. The molecule has 0 bridgehead atoms. The first-order valence-electron chi connectivity index (χ1n) is 9.94. The number of non-ortho nitro benzene ring substituents is 1. The average molecular weight is 448 g/mol. The number of carbonyl (C=O) groups is 2. The molecule has 0 radical (unpaired) electrons. The van der Waals surface area contributed by atoms with Crippen LogP contribution in [0.5, 0.6) is 11.5 Å². The van der Waals surface area contributed by atoms with Crippen LogP contribution in [-0.4, -0.2) is 34.9 Å². The van der Waals surface area contributed by atoms with Gasteiger partial charge in [0.1, 0.15) is 30.8 Å². The van der Waals surface area contributed by atoms with Crippen LogP contribution in [0.4, 0.5) is 11.4 Å². The number of aliphatic hydroxyl groups is 1. The fourth-order valence-corrected chi connectivity index (χ4v) is 3.89. The van der Waals surface area contributed by atoms with Gasteiger partial charge in [0, 0.05) is 29.4 Å². The van der Waals surface area contributed by atoms with Gasteiger partial charge in [0.05, 0.1) is 16.8 Å². The highest BCUT2D eigenvalue weighted by Gasteiger charge is 2.48. The van der Waals surface area contributed by atoms with Crippen LogP contribution in [0.3, 0.4) is 0 Å². The van der Waals surface area contributed by atoms with Crippen LogP contribution < -0.4 is 14.4 Å². The number of nitro groups is 1. The Bertz CT molecular complexity index is 1290. The van der Waals surface area contributed by atoms with Crippen molar-refractivity contribution in [2.45, 2.75) is 6.04 Å². The zero-order valence-electron chi connectivity index (χ0n) is 17.0. The third kappa shape index (κ3) is 3.37. The molecule has 0 spiro atoms. The second-order valence-corrected chi connectivity index (χ2v) is 7.32. The van der Waals surface area contributed by atoms with Gasteiger partial charge in [0.15, 0.2) is 11.5 Å². The molecule has 2 aliphatic rings. The molecule has 1 N–H and O–H groups in total. The zero-order valence-corrected chi connectivity index (χ0v) is 17.0. The molecular formula is C23H16N2O8. The van der Waals surface area contributed by atoms with Crippen LogP contribution in [0, 0.1) is 10.1 Å². The van der Waals surface area contributed by atoms with Crippen molar-refractivity contribution in [1.29, 1.82) is 0 Å². The molecular weight excluding hydrogens is 432 g/mol. The number of amides is 1. The molecule has 10 nitrogen and oxygen atoms in total. The van der Waals surface area contributed by atoms with E-state index >= 15 is 0 Å². The largest absolute Gasteiger partial charge is 0.507 e. The molecule has 2 aromatic carbocycles. The van der Waals surface area contributed by atoms with Gasteiger partial charge in [0.25, 0.3) is 17.4 Å². The summed E-state index contributed by atoms with van der Waals surface area (Å²) in [6.07, 6.45) is 1.39. The molecule has 10 heteroatoms. The number of furan rings is 1. The van der Waals surface area contributed by atoms with Crippen LogP contribution in [0.2, 0.25) is 0 Å². The fourth-order valence-electron chi connectivity index (χ4n) is 3.89. The van der Waals surface area contributed by atoms with Crippen molar-refractivity contribution in [3.05, 3.63) is 87.9 Å². The van der Waals surface area contributed by atoms with E-state index in [2.05, 4.69) is 0 Å². The first kappa shape index (κ1) is 20.3. The molecule has 1 amide bonds. The van der Waals surface area contributed by atoms with E-state index in [0.29, 0.717) is 30.4 Å². The van der Waals surface area contributed by atoms with E-state index in [1.165, 1.54) is 35.4 Å². The van der Waals surface area contributed by atoms with E-state index in [0.717, 1.165) is 0 Å². The monoisotopic (exact) mass is 448 g/mol. The lowest BCUT2D eigenvalue weighted by atomic mass is 9.99. The molecule has 2 aliphatic heterocycles. The van der Waals surface area contributed by atoms with Crippen LogP contribution in [0.1, 0.15) is 17.4 Å². The van der Waals surface area contributed by atoms with Gasteiger partial charge in [-0.3, -0.25) is 24.6 Å². The van der Waals surface area contributed by atoms with E-state index in [-0.39, 0.29) is 22.6 Å². The molecule has 3 heterocycles. The summed E-state index contributed by atoms with van der Waals surface area (Å²) in [6.45, 7) is 0.746. The third-order valence-corrected chi connectivity index (χ3v) is 5.41. The number of hydrogen-bond acceptors (Lipinski definition) is 8. The summed E-state index contributed by atoms with van der Waals surface area (Å²) in [5, 5.41) is 21.9. The van der Waals surface area contributed by atoms with Gasteiger partial charge in [-0.15, -0.1) is 0 Å². The van der Waals surface area contributed by atoms with Crippen LogP contribution >= 0.6 is 0 Å². The molecule has 1 saturated heterocycles. The summed E-state index contributed by atoms with van der Waals surface area (Å²) in [4.78, 5) is 37.7. The highest BCUT2D eigenvalue weighted by molar-refractivity contribution is 6.51. The predicted molar refractivity (Wildman–Crippen MR) is 114 cm³/mol. The normalized spacial score (nSPS) is 19.0. The van der Waals surface area contributed by atoms with Crippen molar-refractivity contribution in [2.75, 3.05) is 18.1 Å². The second kappa shape index (κ2) is 7.83. The van der Waals surface area contributed by atoms with E-state index in [4.69, 9.17) is 13.9 Å². The van der Waals surface area contributed by atoms with Crippen LogP contribution in [0.25, 0.3) is 5.76 Å². The third-order valence-electron chi connectivity index (χ3n) is 5.41. The highest BCUT2D eigenvalue weighted by atomic mass is 16.6. The van der Waals surface area contributed by atoms with Gasteiger partial charge >= 0.3 is 0 Å². The number of aliphatic hydroxyl groups excluding tert-OH is 1. The maximum atomic E-state index is 13.1. The number of rotatable bonds is 4. The van der Waals surface area contributed by atoms with Crippen molar-refractivity contribution >= 4 is 28.8 Å². The number of fused-ring (bicyclic) bond motifs is 1. The number of nitro benzene ring substituents is 1. The number of nitrogens with zero attached hydrogens (tertiary/aromatic N) is 2. The summed E-state index contributed by atoms with van der Waals surface area (Å²) in [7, 11) is 0. The quantitative estimate of drug-likeness (QED) is 0.211. The number of ether oxygens (including phenoxy) is 2. The maximum absolute atomic E-state index is 13.1. The molecule has 1 fully saturated rings. The standard InChI is InChI=1S/C23H16N2O8/c26-21(13-3-5-14(6-4-13)25(29)30)19-20(17-2-1-9-31-17)24(23(28)22(19)27)15-7-8-16-18(12-15)33-11-10-32-16/h1-9,12,20,26H,10-11H2/b21-19-. The van der Waals surface area contributed by atoms with E-state index in [1.807, 2.05) is 0 Å². The van der Waals surface area contributed by atoms with Crippen molar-refractivity contribution in [1.82, 2.24) is 0 Å². The van der Waals surface area contributed by atoms with E-state index in [1.54, 1.807) is 30.3 Å². The molecule has 3 aromatic rings. The van der Waals surface area contributed by atoms with Crippen LogP contribution in [-0.2, 0) is 9.59 Å². The van der Waals surface area contributed by atoms with Gasteiger partial charge in [-0.2, -0.15) is 0 Å². The maximum Gasteiger partial charge on any atom is 0.300 e. The molecule has 0 aliphatic carbocycles. The van der Waals surface area contributed by atoms with Crippen molar-refractivity contribution in [2.24, 2.45) is 0 Å². The van der Waals surface area contributed by atoms with Gasteiger partial charge in [-0.05, 0) is 36.4 Å². The molecule has 1 aromatic heterocycles. The summed E-state index contributed by atoms with van der Waals surface area (Å²) in [5.74, 6) is -1.05. The lowest BCUT2D eigenvalue weighted by molar-refractivity contribution is -0.384. The molecule has 0 saturated carbocycles. The Labute approximate surface area is 186 Å². The van der Waals surface area contributed by atoms with Gasteiger partial charge in [0.2, 0.25) is 0 Å².